The van der Waals surface area contributed by atoms with Crippen LogP contribution >= 0.6 is 0 Å². The van der Waals surface area contributed by atoms with Crippen LogP contribution in [0.4, 0.5) is 4.79 Å². The first-order chi connectivity index (χ1) is 12.5. The van der Waals surface area contributed by atoms with Crippen molar-refractivity contribution in [1.82, 2.24) is 9.88 Å². The number of rotatable bonds is 4. The molecule has 0 aliphatic carbocycles. The molecule has 6 heteroatoms. The molecule has 3 aromatic rings. The Kier molecular flexibility index (Phi) is 4.93. The number of aryl methyl sites for hydroxylation is 2. The van der Waals surface area contributed by atoms with Crippen molar-refractivity contribution in [2.75, 3.05) is 7.11 Å². The maximum Gasteiger partial charge on any atom is 0.418 e. The van der Waals surface area contributed by atoms with Gasteiger partial charge in [0.2, 0.25) is 0 Å². The number of methoxy groups -OCH3 is 1. The molecular formula is C20H21N3O3. The van der Waals surface area contributed by atoms with E-state index in [-0.39, 0.29) is 5.84 Å². The molecule has 0 atom stereocenters. The van der Waals surface area contributed by atoms with E-state index in [2.05, 4.69) is 29.8 Å². The number of carbonyl (C=O) groups excluding carboxylic acids is 1. The summed E-state index contributed by atoms with van der Waals surface area (Å²) in [5.74, 6) is 1.04. The molecule has 0 fully saturated rings. The van der Waals surface area contributed by atoms with Crippen molar-refractivity contribution in [1.29, 1.82) is 5.41 Å². The van der Waals surface area contributed by atoms with E-state index in [1.807, 2.05) is 18.2 Å². The van der Waals surface area contributed by atoms with E-state index in [1.54, 1.807) is 31.4 Å². The molecule has 1 aromatic heterocycles. The van der Waals surface area contributed by atoms with E-state index in [4.69, 9.17) is 14.9 Å². The maximum atomic E-state index is 12.0. The first-order valence-electron chi connectivity index (χ1n) is 8.33. The predicted molar refractivity (Wildman–Crippen MR) is 101 cm³/mol. The summed E-state index contributed by atoms with van der Waals surface area (Å²) < 4.78 is 12.4. The van der Waals surface area contributed by atoms with Crippen molar-refractivity contribution in [3.8, 4) is 11.5 Å². The van der Waals surface area contributed by atoms with Gasteiger partial charge in [0.15, 0.2) is 0 Å². The highest BCUT2D eigenvalue weighted by atomic mass is 16.6. The minimum Gasteiger partial charge on any atom is -0.497 e. The van der Waals surface area contributed by atoms with Gasteiger partial charge in [-0.05, 0) is 55.6 Å². The van der Waals surface area contributed by atoms with Crippen molar-refractivity contribution in [3.63, 3.8) is 0 Å². The summed E-state index contributed by atoms with van der Waals surface area (Å²) in [6.45, 7) is 4.98. The number of hydrogen-bond donors (Lipinski definition) is 2. The van der Waals surface area contributed by atoms with Crippen LogP contribution in [0.5, 0.6) is 11.5 Å². The number of aromatic nitrogens is 1. The van der Waals surface area contributed by atoms with Crippen LogP contribution in [-0.4, -0.2) is 23.6 Å². The van der Waals surface area contributed by atoms with Gasteiger partial charge >= 0.3 is 6.09 Å². The molecule has 0 saturated carbocycles. The molecule has 2 aromatic carbocycles. The minimum absolute atomic E-state index is 0.00748. The van der Waals surface area contributed by atoms with Gasteiger partial charge in [0.05, 0.1) is 7.11 Å². The first kappa shape index (κ1) is 17.5. The summed E-state index contributed by atoms with van der Waals surface area (Å²) in [7, 11) is 1.57. The highest BCUT2D eigenvalue weighted by Gasteiger charge is 2.12. The van der Waals surface area contributed by atoms with Gasteiger partial charge in [-0.2, -0.15) is 0 Å². The number of amidine groups is 1. The van der Waals surface area contributed by atoms with Crippen LogP contribution in [0.1, 0.15) is 18.2 Å². The first-order valence-corrected chi connectivity index (χ1v) is 8.33. The standard InChI is InChI=1S/C20H21N3O3/c1-4-23-13(2)11-14-5-6-15(12-18(14)23)19(21)22-20(24)26-17-9-7-16(25-3)8-10-17/h5-12H,4H2,1-3H3,(H2,21,22,24). The lowest BCUT2D eigenvalue weighted by Crippen LogP contribution is -2.33. The quantitative estimate of drug-likeness (QED) is 0.549. The fourth-order valence-corrected chi connectivity index (χ4v) is 2.92. The van der Waals surface area contributed by atoms with Crippen molar-refractivity contribution >= 4 is 22.8 Å². The van der Waals surface area contributed by atoms with Gasteiger partial charge < -0.3 is 14.0 Å². The molecule has 0 spiro atoms. The number of ether oxygens (including phenoxy) is 2. The summed E-state index contributed by atoms with van der Waals surface area (Å²) in [6, 6.07) is 14.4. The van der Waals surface area contributed by atoms with E-state index in [0.717, 1.165) is 23.1 Å². The van der Waals surface area contributed by atoms with Crippen molar-refractivity contribution in [3.05, 3.63) is 59.8 Å². The van der Waals surface area contributed by atoms with E-state index >= 15 is 0 Å². The normalized spacial score (nSPS) is 10.6. The minimum atomic E-state index is -0.706. The third kappa shape index (κ3) is 3.54. The molecule has 6 nitrogen and oxygen atoms in total. The summed E-state index contributed by atoms with van der Waals surface area (Å²) in [6.07, 6.45) is -0.706. The third-order valence-electron chi connectivity index (χ3n) is 4.21. The lowest BCUT2D eigenvalue weighted by atomic mass is 10.1. The van der Waals surface area contributed by atoms with Crippen molar-refractivity contribution in [2.45, 2.75) is 20.4 Å². The second-order valence-electron chi connectivity index (χ2n) is 5.87. The summed E-state index contributed by atoms with van der Waals surface area (Å²) in [5, 5.41) is 11.7. The Morgan fingerprint density at radius 1 is 1.12 bits per heavy atom. The van der Waals surface area contributed by atoms with Gasteiger partial charge in [0, 0.05) is 23.3 Å². The zero-order chi connectivity index (χ0) is 18.7. The summed E-state index contributed by atoms with van der Waals surface area (Å²) in [4.78, 5) is 12.0. The molecule has 26 heavy (non-hydrogen) atoms. The van der Waals surface area contributed by atoms with E-state index in [1.165, 1.54) is 0 Å². The number of nitrogens with zero attached hydrogens (tertiary/aromatic N) is 1. The average Bonchev–Trinajstić information content (AvgIpc) is 2.96. The monoisotopic (exact) mass is 351 g/mol. The van der Waals surface area contributed by atoms with Crippen LogP contribution in [0.2, 0.25) is 0 Å². The Bertz CT molecular complexity index is 958. The number of amides is 1. The molecule has 1 amide bonds. The van der Waals surface area contributed by atoms with Gasteiger partial charge in [-0.15, -0.1) is 0 Å². The molecule has 0 bridgehead atoms. The van der Waals surface area contributed by atoms with Crippen LogP contribution in [0.25, 0.3) is 10.9 Å². The van der Waals surface area contributed by atoms with E-state index in [9.17, 15) is 4.79 Å². The molecule has 3 rings (SSSR count). The lowest BCUT2D eigenvalue weighted by molar-refractivity contribution is 0.206. The Balaban J connectivity index is 1.72. The number of fused-ring (bicyclic) bond motifs is 1. The van der Waals surface area contributed by atoms with E-state index in [0.29, 0.717) is 17.1 Å². The Labute approximate surface area is 151 Å². The lowest BCUT2D eigenvalue weighted by Gasteiger charge is -2.09. The fourth-order valence-electron chi connectivity index (χ4n) is 2.92. The summed E-state index contributed by atoms with van der Waals surface area (Å²) in [5.41, 5.74) is 2.83. The van der Waals surface area contributed by atoms with Gasteiger partial charge in [0.1, 0.15) is 17.3 Å². The largest absolute Gasteiger partial charge is 0.497 e. The molecule has 0 saturated heterocycles. The van der Waals surface area contributed by atoms with Crippen molar-refractivity contribution in [2.24, 2.45) is 0 Å². The number of carbonyl (C=O) groups is 1. The highest BCUT2D eigenvalue weighted by molar-refractivity contribution is 6.06. The second-order valence-corrected chi connectivity index (χ2v) is 5.87. The highest BCUT2D eigenvalue weighted by Crippen LogP contribution is 2.21. The van der Waals surface area contributed by atoms with Crippen LogP contribution < -0.4 is 14.8 Å². The second kappa shape index (κ2) is 7.31. The van der Waals surface area contributed by atoms with Crippen LogP contribution in [0, 0.1) is 12.3 Å². The van der Waals surface area contributed by atoms with Crippen LogP contribution in [0.3, 0.4) is 0 Å². The molecular weight excluding hydrogens is 330 g/mol. The third-order valence-corrected chi connectivity index (χ3v) is 4.21. The fraction of sp³-hybridized carbons (Fsp3) is 0.200. The van der Waals surface area contributed by atoms with Gasteiger partial charge in [0.25, 0.3) is 0 Å². The van der Waals surface area contributed by atoms with E-state index < -0.39 is 6.09 Å². The molecule has 0 unspecified atom stereocenters. The molecule has 0 aliphatic heterocycles. The Hall–Kier alpha value is -3.28. The molecule has 0 radical (unpaired) electrons. The van der Waals surface area contributed by atoms with Crippen LogP contribution in [-0.2, 0) is 6.54 Å². The molecule has 2 N–H and O–H groups in total. The van der Waals surface area contributed by atoms with Crippen LogP contribution in [0.15, 0.2) is 48.5 Å². The molecule has 1 heterocycles. The molecule has 134 valence electrons. The molecule has 0 aliphatic rings. The Morgan fingerprint density at radius 3 is 2.46 bits per heavy atom. The number of nitrogens with one attached hydrogen (secondary N) is 2. The maximum absolute atomic E-state index is 12.0. The van der Waals surface area contributed by atoms with Gasteiger partial charge in [-0.25, -0.2) is 4.79 Å². The summed E-state index contributed by atoms with van der Waals surface area (Å²) >= 11 is 0. The van der Waals surface area contributed by atoms with Gasteiger partial charge in [-0.3, -0.25) is 10.7 Å². The smallest absolute Gasteiger partial charge is 0.418 e. The Morgan fingerprint density at radius 2 is 1.81 bits per heavy atom. The topological polar surface area (TPSA) is 76.3 Å². The zero-order valence-corrected chi connectivity index (χ0v) is 15.0. The predicted octanol–water partition coefficient (Wildman–Crippen LogP) is 4.09. The zero-order valence-electron chi connectivity index (χ0n) is 15.0. The number of benzene rings is 2. The van der Waals surface area contributed by atoms with Crippen molar-refractivity contribution < 1.29 is 14.3 Å². The SMILES string of the molecule is CCn1c(C)cc2ccc(C(=N)NC(=O)Oc3ccc(OC)cc3)cc21. The number of hydrogen-bond acceptors (Lipinski definition) is 4. The van der Waals surface area contributed by atoms with Gasteiger partial charge in [-0.1, -0.05) is 12.1 Å². The average molecular weight is 351 g/mol.